The number of anilines is 1. The Kier molecular flexibility index (Phi) is 6.12. The number of nitrogens with zero attached hydrogens (tertiary/aromatic N) is 4. The molecule has 0 radical (unpaired) electrons. The molecule has 10 heteroatoms. The van der Waals surface area contributed by atoms with Crippen LogP contribution in [0.3, 0.4) is 0 Å². The Morgan fingerprint density at radius 2 is 1.66 bits per heavy atom. The van der Waals surface area contributed by atoms with Gasteiger partial charge in [-0.2, -0.15) is 5.10 Å². The summed E-state index contributed by atoms with van der Waals surface area (Å²) >= 11 is 0. The van der Waals surface area contributed by atoms with E-state index in [9.17, 15) is 14.4 Å². The number of carbonyl (C=O) groups excluding carboxylic acids is 2. The molecule has 0 aliphatic carbocycles. The number of amides is 2. The van der Waals surface area contributed by atoms with Gasteiger partial charge in [-0.05, 0) is 12.5 Å². The molecule has 2 amide bonds. The average Bonchev–Trinajstić information content (AvgIpc) is 2.74. The molecule has 2 heterocycles. The van der Waals surface area contributed by atoms with Crippen molar-refractivity contribution < 1.29 is 9.59 Å². The highest BCUT2D eigenvalue weighted by atomic mass is 16.2. The Bertz CT molecular complexity index is 1110. The molecule has 3 aromatic rings. The van der Waals surface area contributed by atoms with Gasteiger partial charge in [-0.25, -0.2) is 14.6 Å². The standard InChI is InChI=1S/C19H21N7O3/c1-2-3-6-11-26-19(29)13-8-5-4-7-12(13)14(25-26)17(27)23-24-18(28)15-16(20)22-10-9-21-15/h4-5,7-10H,2-3,6,11H2,1H3,(H2,20,22)(H,23,27)(H,24,28). The van der Waals surface area contributed by atoms with Gasteiger partial charge in [-0.3, -0.25) is 25.2 Å². The zero-order valence-electron chi connectivity index (χ0n) is 15.9. The molecule has 0 atom stereocenters. The highest BCUT2D eigenvalue weighted by Gasteiger charge is 2.18. The van der Waals surface area contributed by atoms with Gasteiger partial charge >= 0.3 is 0 Å². The fourth-order valence-corrected chi connectivity index (χ4v) is 2.82. The molecular weight excluding hydrogens is 374 g/mol. The maximum absolute atomic E-state index is 12.7. The first-order chi connectivity index (χ1) is 14.0. The Balaban J connectivity index is 1.86. The van der Waals surface area contributed by atoms with E-state index in [1.165, 1.54) is 17.1 Å². The number of hydrogen-bond donors (Lipinski definition) is 3. The van der Waals surface area contributed by atoms with Crippen molar-refractivity contribution in [2.45, 2.75) is 32.7 Å². The van der Waals surface area contributed by atoms with Crippen molar-refractivity contribution in [3.8, 4) is 0 Å². The van der Waals surface area contributed by atoms with Crippen molar-refractivity contribution in [2.75, 3.05) is 5.73 Å². The minimum absolute atomic E-state index is 0.0316. The summed E-state index contributed by atoms with van der Waals surface area (Å²) in [5, 5.41) is 5.01. The van der Waals surface area contributed by atoms with Crippen molar-refractivity contribution in [1.82, 2.24) is 30.6 Å². The summed E-state index contributed by atoms with van der Waals surface area (Å²) in [4.78, 5) is 45.1. The molecule has 0 spiro atoms. The number of aryl methyl sites for hydroxylation is 1. The van der Waals surface area contributed by atoms with Crippen molar-refractivity contribution >= 4 is 28.4 Å². The van der Waals surface area contributed by atoms with Gasteiger partial charge in [0.05, 0.1) is 5.39 Å². The lowest BCUT2D eigenvalue weighted by molar-refractivity contribution is 0.0841. The highest BCUT2D eigenvalue weighted by Crippen LogP contribution is 2.13. The van der Waals surface area contributed by atoms with Crippen LogP contribution in [-0.2, 0) is 6.54 Å². The van der Waals surface area contributed by atoms with Gasteiger partial charge in [0.15, 0.2) is 17.2 Å². The summed E-state index contributed by atoms with van der Waals surface area (Å²) in [6.45, 7) is 2.46. The van der Waals surface area contributed by atoms with Crippen LogP contribution in [0.1, 0.15) is 47.2 Å². The molecule has 10 nitrogen and oxygen atoms in total. The van der Waals surface area contributed by atoms with Crippen molar-refractivity contribution in [2.24, 2.45) is 0 Å². The van der Waals surface area contributed by atoms with Crippen LogP contribution in [-0.4, -0.2) is 31.6 Å². The lowest BCUT2D eigenvalue weighted by Crippen LogP contribution is -2.43. The number of hydrogen-bond acceptors (Lipinski definition) is 7. The predicted octanol–water partition coefficient (Wildman–Crippen LogP) is 1.03. The summed E-state index contributed by atoms with van der Waals surface area (Å²) in [5.41, 5.74) is 9.80. The van der Waals surface area contributed by atoms with Crippen LogP contribution in [0.2, 0.25) is 0 Å². The quantitative estimate of drug-likeness (QED) is 0.417. The smallest absolute Gasteiger partial charge is 0.292 e. The third-order valence-electron chi connectivity index (χ3n) is 4.29. The van der Waals surface area contributed by atoms with Crippen LogP contribution < -0.4 is 22.1 Å². The Hall–Kier alpha value is -3.82. The average molecular weight is 395 g/mol. The van der Waals surface area contributed by atoms with E-state index in [-0.39, 0.29) is 22.8 Å². The maximum atomic E-state index is 12.7. The Morgan fingerprint density at radius 1 is 1.00 bits per heavy atom. The molecule has 0 aliphatic rings. The highest BCUT2D eigenvalue weighted by molar-refractivity contribution is 6.06. The number of nitrogens with two attached hydrogens (primary N) is 1. The molecule has 2 aromatic heterocycles. The third kappa shape index (κ3) is 4.37. The first-order valence-corrected chi connectivity index (χ1v) is 9.20. The molecule has 1 aromatic carbocycles. The zero-order chi connectivity index (χ0) is 20.8. The second-order valence-corrected chi connectivity index (χ2v) is 6.33. The molecule has 150 valence electrons. The van der Waals surface area contributed by atoms with Crippen LogP contribution in [0.15, 0.2) is 41.5 Å². The number of nitrogen functional groups attached to an aromatic ring is 1. The number of carbonyl (C=O) groups is 2. The lowest BCUT2D eigenvalue weighted by atomic mass is 10.1. The summed E-state index contributed by atoms with van der Waals surface area (Å²) in [7, 11) is 0. The molecule has 0 bridgehead atoms. The predicted molar refractivity (Wildman–Crippen MR) is 107 cm³/mol. The minimum Gasteiger partial charge on any atom is -0.382 e. The van der Waals surface area contributed by atoms with Gasteiger partial charge in [0.1, 0.15) is 0 Å². The Labute approximate surface area is 166 Å². The SMILES string of the molecule is CCCCCn1nc(C(=O)NNC(=O)c2nccnc2N)c2ccccc2c1=O. The van der Waals surface area contributed by atoms with E-state index in [2.05, 4.69) is 32.8 Å². The third-order valence-corrected chi connectivity index (χ3v) is 4.29. The van der Waals surface area contributed by atoms with Crippen LogP contribution in [0.25, 0.3) is 10.8 Å². The topological polar surface area (TPSA) is 145 Å². The monoisotopic (exact) mass is 395 g/mol. The molecule has 4 N–H and O–H groups in total. The fourth-order valence-electron chi connectivity index (χ4n) is 2.82. The molecule has 0 unspecified atom stereocenters. The van der Waals surface area contributed by atoms with Gasteiger partial charge in [0.2, 0.25) is 0 Å². The number of aromatic nitrogens is 4. The van der Waals surface area contributed by atoms with Crippen LogP contribution in [0, 0.1) is 0 Å². The minimum atomic E-state index is -0.718. The summed E-state index contributed by atoms with van der Waals surface area (Å²) in [6.07, 6.45) is 5.37. The van der Waals surface area contributed by atoms with Crippen molar-refractivity contribution in [1.29, 1.82) is 0 Å². The van der Waals surface area contributed by atoms with E-state index in [1.54, 1.807) is 24.3 Å². The summed E-state index contributed by atoms with van der Waals surface area (Å²) in [5.74, 6) is -1.45. The maximum Gasteiger partial charge on any atom is 0.292 e. The zero-order valence-corrected chi connectivity index (χ0v) is 15.9. The number of nitrogens with one attached hydrogen (secondary N) is 2. The van der Waals surface area contributed by atoms with Crippen molar-refractivity contribution in [3.63, 3.8) is 0 Å². The first-order valence-electron chi connectivity index (χ1n) is 9.20. The molecule has 0 aliphatic heterocycles. The molecule has 3 rings (SSSR count). The fraction of sp³-hybridized carbons (Fsp3) is 0.263. The lowest BCUT2D eigenvalue weighted by Gasteiger charge is -2.12. The second-order valence-electron chi connectivity index (χ2n) is 6.33. The largest absolute Gasteiger partial charge is 0.382 e. The molecular formula is C19H21N7O3. The summed E-state index contributed by atoms with van der Waals surface area (Å²) in [6, 6.07) is 6.71. The second kappa shape index (κ2) is 8.91. The number of hydrazine groups is 1. The van der Waals surface area contributed by atoms with Gasteiger partial charge in [-0.1, -0.05) is 38.0 Å². The van der Waals surface area contributed by atoms with E-state index in [0.717, 1.165) is 19.3 Å². The normalized spacial score (nSPS) is 10.7. The van der Waals surface area contributed by atoms with Crippen molar-refractivity contribution in [3.05, 3.63) is 58.4 Å². The number of fused-ring (bicyclic) bond motifs is 1. The van der Waals surface area contributed by atoms with E-state index < -0.39 is 11.8 Å². The van der Waals surface area contributed by atoms with Gasteiger partial charge in [-0.15, -0.1) is 0 Å². The molecule has 0 saturated heterocycles. The Morgan fingerprint density at radius 3 is 2.34 bits per heavy atom. The number of benzene rings is 1. The molecule has 29 heavy (non-hydrogen) atoms. The van der Waals surface area contributed by atoms with Gasteiger partial charge < -0.3 is 5.73 Å². The van der Waals surface area contributed by atoms with E-state index in [0.29, 0.717) is 17.3 Å². The molecule has 0 saturated carbocycles. The summed E-state index contributed by atoms with van der Waals surface area (Å²) < 4.78 is 1.29. The van der Waals surface area contributed by atoms with Crippen LogP contribution in [0.5, 0.6) is 0 Å². The number of unbranched alkanes of at least 4 members (excludes halogenated alkanes) is 2. The number of rotatable bonds is 6. The van der Waals surface area contributed by atoms with E-state index in [1.807, 2.05) is 0 Å². The van der Waals surface area contributed by atoms with Crippen LogP contribution in [0.4, 0.5) is 5.82 Å². The van der Waals surface area contributed by atoms with Crippen LogP contribution >= 0.6 is 0 Å². The molecule has 0 fully saturated rings. The van der Waals surface area contributed by atoms with Gasteiger partial charge in [0, 0.05) is 24.3 Å². The van der Waals surface area contributed by atoms with Gasteiger partial charge in [0.25, 0.3) is 17.4 Å². The van der Waals surface area contributed by atoms with E-state index >= 15 is 0 Å². The first kappa shape index (κ1) is 19.9. The van der Waals surface area contributed by atoms with E-state index in [4.69, 9.17) is 5.73 Å².